The molecule has 0 unspecified atom stereocenters. The van der Waals surface area contributed by atoms with Crippen LogP contribution < -0.4 is 5.73 Å². The van der Waals surface area contributed by atoms with Crippen LogP contribution in [0.25, 0.3) is 0 Å². The summed E-state index contributed by atoms with van der Waals surface area (Å²) in [5.41, 5.74) is 5.44. The van der Waals surface area contributed by atoms with Gasteiger partial charge in [0.15, 0.2) is 0 Å². The maximum atomic E-state index is 5.63. The number of rotatable bonds is 7. The fourth-order valence-corrected chi connectivity index (χ4v) is 3.66. The van der Waals surface area contributed by atoms with Gasteiger partial charge in [-0.15, -0.1) is 17.0 Å². The van der Waals surface area contributed by atoms with E-state index in [9.17, 15) is 0 Å². The maximum absolute atomic E-state index is 5.63. The van der Waals surface area contributed by atoms with Crippen molar-refractivity contribution in [1.29, 1.82) is 0 Å². The van der Waals surface area contributed by atoms with Crippen LogP contribution in [0, 0.1) is 0 Å². The van der Waals surface area contributed by atoms with Crippen LogP contribution in [-0.4, -0.2) is 28.3 Å². The van der Waals surface area contributed by atoms with Crippen molar-refractivity contribution < 1.29 is 8.85 Å². The smallest absolute Gasteiger partial charge is 0.334 e. The second kappa shape index (κ2) is 9.14. The Morgan fingerprint density at radius 3 is 1.92 bits per heavy atom. The molecule has 0 aliphatic carbocycles. The summed E-state index contributed by atoms with van der Waals surface area (Å²) in [7, 11) is -1.85. The first-order valence-electron chi connectivity index (χ1n) is 4.66. The van der Waals surface area contributed by atoms with E-state index in [0.29, 0.717) is 0 Å². The Morgan fingerprint density at radius 2 is 1.62 bits per heavy atom. The summed E-state index contributed by atoms with van der Waals surface area (Å²) >= 11 is 0. The van der Waals surface area contributed by atoms with Crippen molar-refractivity contribution >= 4 is 25.5 Å². The molecule has 5 heteroatoms. The second-order valence-corrected chi connectivity index (χ2v) is 6.24. The van der Waals surface area contributed by atoms with Crippen molar-refractivity contribution in [1.82, 2.24) is 0 Å². The molecule has 0 fully saturated rings. The quantitative estimate of drug-likeness (QED) is 0.721. The third-order valence-electron chi connectivity index (χ3n) is 1.73. The molecule has 0 atom stereocenters. The summed E-state index contributed by atoms with van der Waals surface area (Å²) in [6.07, 6.45) is 1.00. The highest BCUT2D eigenvalue weighted by molar-refractivity contribution is 8.93. The molecule has 0 aromatic carbocycles. The van der Waals surface area contributed by atoms with Crippen LogP contribution in [0.15, 0.2) is 0 Å². The van der Waals surface area contributed by atoms with Crippen LogP contribution in [0.3, 0.4) is 0 Å². The predicted molar refractivity (Wildman–Crippen MR) is 63.7 cm³/mol. The second-order valence-electron chi connectivity index (χ2n) is 2.89. The molecule has 0 bridgehead atoms. The van der Waals surface area contributed by atoms with Gasteiger partial charge in [0.25, 0.3) is 0 Å². The summed E-state index contributed by atoms with van der Waals surface area (Å²) in [6, 6.07) is 1.01. The summed E-state index contributed by atoms with van der Waals surface area (Å²) < 4.78 is 11.3. The van der Waals surface area contributed by atoms with Crippen molar-refractivity contribution in [3.8, 4) is 0 Å². The van der Waals surface area contributed by atoms with Gasteiger partial charge in [0.2, 0.25) is 0 Å². The van der Waals surface area contributed by atoms with Crippen molar-refractivity contribution in [2.45, 2.75) is 32.9 Å². The Morgan fingerprint density at radius 1 is 1.15 bits per heavy atom. The van der Waals surface area contributed by atoms with Gasteiger partial charge < -0.3 is 14.6 Å². The minimum absolute atomic E-state index is 0. The minimum atomic E-state index is -1.85. The molecule has 3 nitrogen and oxygen atoms in total. The average molecular weight is 272 g/mol. The third kappa shape index (κ3) is 7.63. The molecule has 82 valence electrons. The van der Waals surface area contributed by atoms with E-state index in [1.54, 1.807) is 0 Å². The Labute approximate surface area is 93.0 Å². The van der Waals surface area contributed by atoms with Crippen LogP contribution in [0.2, 0.25) is 12.6 Å². The molecular formula is C8H22BrNO2Si. The van der Waals surface area contributed by atoms with Gasteiger partial charge in [-0.1, -0.05) is 0 Å². The van der Waals surface area contributed by atoms with Crippen LogP contribution >= 0.6 is 17.0 Å². The highest BCUT2D eigenvalue weighted by Crippen LogP contribution is 2.14. The molecule has 0 amide bonds. The van der Waals surface area contributed by atoms with E-state index >= 15 is 0 Å². The summed E-state index contributed by atoms with van der Waals surface area (Å²) in [6.45, 7) is 8.33. The van der Waals surface area contributed by atoms with Gasteiger partial charge >= 0.3 is 8.56 Å². The third-order valence-corrected chi connectivity index (χ3v) is 4.79. The molecule has 0 heterocycles. The molecule has 0 aromatic rings. The van der Waals surface area contributed by atoms with Crippen molar-refractivity contribution in [2.75, 3.05) is 19.8 Å². The van der Waals surface area contributed by atoms with E-state index in [-0.39, 0.29) is 17.0 Å². The molecule has 0 aromatic heterocycles. The van der Waals surface area contributed by atoms with Gasteiger partial charge in [-0.2, -0.15) is 0 Å². The van der Waals surface area contributed by atoms with Crippen molar-refractivity contribution in [3.63, 3.8) is 0 Å². The highest BCUT2D eigenvalue weighted by atomic mass is 79.9. The van der Waals surface area contributed by atoms with Gasteiger partial charge in [-0.05, 0) is 39.4 Å². The zero-order valence-electron chi connectivity index (χ0n) is 8.84. The molecule has 0 aliphatic rings. The zero-order chi connectivity index (χ0) is 9.45. The number of halogens is 1. The Balaban J connectivity index is 0. The minimum Gasteiger partial charge on any atom is -0.395 e. The monoisotopic (exact) mass is 271 g/mol. The lowest BCUT2D eigenvalue weighted by Crippen LogP contribution is -2.39. The SMILES string of the molecule is Br.CCO[Si](C)(CCCN)OCC. The van der Waals surface area contributed by atoms with E-state index in [4.69, 9.17) is 14.6 Å². The number of hydrogen-bond acceptors (Lipinski definition) is 3. The van der Waals surface area contributed by atoms with Crippen molar-refractivity contribution in [3.05, 3.63) is 0 Å². The zero-order valence-corrected chi connectivity index (χ0v) is 11.6. The molecule has 0 saturated heterocycles. The molecule has 0 rings (SSSR count). The predicted octanol–water partition coefficient (Wildman–Crippen LogP) is 2.06. The van der Waals surface area contributed by atoms with E-state index < -0.39 is 8.56 Å². The lowest BCUT2D eigenvalue weighted by molar-refractivity contribution is 0.188. The summed E-state index contributed by atoms with van der Waals surface area (Å²) in [5.74, 6) is 0. The number of hydrogen-bond donors (Lipinski definition) is 1. The van der Waals surface area contributed by atoms with Gasteiger partial charge in [-0.25, -0.2) is 0 Å². The van der Waals surface area contributed by atoms with Gasteiger partial charge in [0.05, 0.1) is 0 Å². The van der Waals surface area contributed by atoms with E-state index in [2.05, 4.69) is 6.55 Å². The van der Waals surface area contributed by atoms with E-state index in [1.165, 1.54) is 0 Å². The van der Waals surface area contributed by atoms with Crippen LogP contribution in [0.5, 0.6) is 0 Å². The number of nitrogens with two attached hydrogens (primary N) is 1. The molecule has 0 radical (unpaired) electrons. The van der Waals surface area contributed by atoms with Gasteiger partial charge in [0.1, 0.15) is 0 Å². The van der Waals surface area contributed by atoms with Gasteiger partial charge in [-0.3, -0.25) is 0 Å². The lowest BCUT2D eigenvalue weighted by Gasteiger charge is -2.25. The fourth-order valence-electron chi connectivity index (χ4n) is 1.22. The topological polar surface area (TPSA) is 44.5 Å². The van der Waals surface area contributed by atoms with Gasteiger partial charge in [0, 0.05) is 13.2 Å². The molecule has 13 heavy (non-hydrogen) atoms. The Hall–Kier alpha value is 0.577. The highest BCUT2D eigenvalue weighted by Gasteiger charge is 2.29. The average Bonchev–Trinajstić information content (AvgIpc) is 2.02. The largest absolute Gasteiger partial charge is 0.395 e. The molecule has 0 spiro atoms. The van der Waals surface area contributed by atoms with Crippen LogP contribution in [0.1, 0.15) is 20.3 Å². The summed E-state index contributed by atoms with van der Waals surface area (Å²) in [4.78, 5) is 0. The first-order valence-corrected chi connectivity index (χ1v) is 7.19. The standard InChI is InChI=1S/C8H21NO2Si.BrH/c1-4-10-12(3,11-5-2)8-6-7-9;/h4-9H2,1-3H3;1H. The van der Waals surface area contributed by atoms with Crippen molar-refractivity contribution in [2.24, 2.45) is 5.73 Å². The Kier molecular flexibility index (Phi) is 11.3. The molecular weight excluding hydrogens is 250 g/mol. The Bertz CT molecular complexity index is 110. The van der Waals surface area contributed by atoms with Crippen LogP contribution in [-0.2, 0) is 8.85 Å². The molecule has 0 saturated carbocycles. The first-order chi connectivity index (χ1) is 5.68. The van der Waals surface area contributed by atoms with E-state index in [0.717, 1.165) is 32.2 Å². The molecule has 2 N–H and O–H groups in total. The van der Waals surface area contributed by atoms with Crippen LogP contribution in [0.4, 0.5) is 0 Å². The maximum Gasteiger partial charge on any atom is 0.334 e. The summed E-state index contributed by atoms with van der Waals surface area (Å²) in [5, 5.41) is 0. The lowest BCUT2D eigenvalue weighted by atomic mass is 10.5. The normalized spacial score (nSPS) is 11.1. The fraction of sp³-hybridized carbons (Fsp3) is 1.00. The molecule has 0 aliphatic heterocycles. The van der Waals surface area contributed by atoms with E-state index in [1.807, 2.05) is 13.8 Å². The first kappa shape index (κ1) is 16.0.